The first-order valence-electron chi connectivity index (χ1n) is 13.1. The summed E-state index contributed by atoms with van der Waals surface area (Å²) in [5.41, 5.74) is 12.3. The Morgan fingerprint density at radius 2 is 1.95 bits per heavy atom. The Labute approximate surface area is 227 Å². The molecule has 0 fully saturated rings. The SMILES string of the molecule is Cc1ccc([C@@H](CNc2ncc3n(c2=O)[C@H](C(=O)NCc2ccc(N)nc2C)CC3)c2ccccn2)cc1C. The quantitative estimate of drug-likeness (QED) is 0.322. The molecule has 4 aromatic rings. The number of carbonyl (C=O) groups excluding carboxylic acids is 1. The summed E-state index contributed by atoms with van der Waals surface area (Å²) >= 11 is 0. The number of aryl methyl sites for hydroxylation is 4. The van der Waals surface area contributed by atoms with Crippen molar-refractivity contribution in [2.45, 2.75) is 52.1 Å². The van der Waals surface area contributed by atoms with E-state index in [-0.39, 0.29) is 23.2 Å². The van der Waals surface area contributed by atoms with Crippen LogP contribution in [0.15, 0.2) is 65.7 Å². The van der Waals surface area contributed by atoms with Crippen LogP contribution in [0.2, 0.25) is 0 Å². The highest BCUT2D eigenvalue weighted by atomic mass is 16.2. The molecule has 0 aliphatic carbocycles. The molecule has 2 atom stereocenters. The number of nitrogens with one attached hydrogen (secondary N) is 2. The van der Waals surface area contributed by atoms with E-state index < -0.39 is 6.04 Å². The number of aromatic nitrogens is 4. The van der Waals surface area contributed by atoms with Crippen molar-refractivity contribution in [1.29, 1.82) is 0 Å². The van der Waals surface area contributed by atoms with E-state index in [9.17, 15) is 9.59 Å². The van der Waals surface area contributed by atoms with E-state index >= 15 is 0 Å². The number of nitrogen functional groups attached to an aromatic ring is 1. The highest BCUT2D eigenvalue weighted by molar-refractivity contribution is 5.81. The smallest absolute Gasteiger partial charge is 0.294 e. The molecular weight excluding hydrogens is 490 g/mol. The number of rotatable bonds is 8. The predicted molar refractivity (Wildman–Crippen MR) is 152 cm³/mol. The predicted octanol–water partition coefficient (Wildman–Crippen LogP) is 3.59. The number of fused-ring (bicyclic) bond motifs is 1. The number of nitrogens with two attached hydrogens (primary N) is 1. The number of amides is 1. The van der Waals surface area contributed by atoms with E-state index in [1.165, 1.54) is 11.1 Å². The molecule has 3 aromatic heterocycles. The summed E-state index contributed by atoms with van der Waals surface area (Å²) in [7, 11) is 0. The largest absolute Gasteiger partial charge is 0.384 e. The van der Waals surface area contributed by atoms with Gasteiger partial charge in [0.25, 0.3) is 5.56 Å². The molecule has 9 nitrogen and oxygen atoms in total. The van der Waals surface area contributed by atoms with Crippen LogP contribution in [0, 0.1) is 20.8 Å². The second-order valence-corrected chi connectivity index (χ2v) is 10.1. The van der Waals surface area contributed by atoms with Crippen molar-refractivity contribution in [3.05, 3.63) is 111 Å². The Morgan fingerprint density at radius 1 is 1.10 bits per heavy atom. The highest BCUT2D eigenvalue weighted by Gasteiger charge is 2.31. The maximum Gasteiger partial charge on any atom is 0.294 e. The Hall–Kier alpha value is -4.53. The van der Waals surface area contributed by atoms with E-state index in [2.05, 4.69) is 57.6 Å². The van der Waals surface area contributed by atoms with Crippen LogP contribution < -0.4 is 21.9 Å². The van der Waals surface area contributed by atoms with E-state index in [1.807, 2.05) is 31.2 Å². The summed E-state index contributed by atoms with van der Waals surface area (Å²) in [5, 5.41) is 6.23. The van der Waals surface area contributed by atoms with Gasteiger partial charge in [0.15, 0.2) is 5.82 Å². The molecule has 9 heteroatoms. The van der Waals surface area contributed by atoms with Gasteiger partial charge in [-0.2, -0.15) is 0 Å². The number of pyridine rings is 2. The van der Waals surface area contributed by atoms with E-state index in [4.69, 9.17) is 5.73 Å². The molecule has 4 heterocycles. The van der Waals surface area contributed by atoms with Gasteiger partial charge < -0.3 is 16.4 Å². The first-order valence-corrected chi connectivity index (χ1v) is 13.1. The van der Waals surface area contributed by atoms with Crippen LogP contribution in [0.1, 0.15) is 57.7 Å². The fourth-order valence-electron chi connectivity index (χ4n) is 5.06. The minimum Gasteiger partial charge on any atom is -0.384 e. The van der Waals surface area contributed by atoms with Crippen molar-refractivity contribution >= 4 is 17.5 Å². The minimum absolute atomic E-state index is 0.0826. The molecule has 39 heavy (non-hydrogen) atoms. The Bertz CT molecular complexity index is 1570. The summed E-state index contributed by atoms with van der Waals surface area (Å²) < 4.78 is 1.57. The molecule has 1 aliphatic rings. The van der Waals surface area contributed by atoms with Gasteiger partial charge in [0.05, 0.1) is 0 Å². The minimum atomic E-state index is -0.593. The van der Waals surface area contributed by atoms with Crippen molar-refractivity contribution in [1.82, 2.24) is 24.8 Å². The van der Waals surface area contributed by atoms with Crippen molar-refractivity contribution in [2.75, 3.05) is 17.6 Å². The standard InChI is InChI=1S/C30H33N7O2/c1-18-7-8-21(14-19(18)2)24(25-6-4-5-13-32-25)17-34-28-30(39)37-23(16-33-28)10-11-26(37)29(38)35-15-22-9-12-27(31)36-20(22)3/h4-9,12-14,16,24,26H,10-11,15,17H2,1-3H3,(H2,31,36)(H,33,34)(H,35,38)/t24-,26+/m1/s1. The van der Waals surface area contributed by atoms with E-state index in [1.54, 1.807) is 23.0 Å². The first-order chi connectivity index (χ1) is 18.8. The fourth-order valence-corrected chi connectivity index (χ4v) is 5.06. The molecule has 4 N–H and O–H groups in total. The maximum absolute atomic E-state index is 13.5. The van der Waals surface area contributed by atoms with E-state index in [0.29, 0.717) is 31.7 Å². The number of anilines is 2. The Balaban J connectivity index is 1.35. The zero-order chi connectivity index (χ0) is 27.5. The average Bonchev–Trinajstić information content (AvgIpc) is 3.37. The van der Waals surface area contributed by atoms with Crippen LogP contribution in [-0.4, -0.2) is 32.0 Å². The summed E-state index contributed by atoms with van der Waals surface area (Å²) in [6.45, 7) is 6.78. The lowest BCUT2D eigenvalue weighted by molar-refractivity contribution is -0.124. The highest BCUT2D eigenvalue weighted by Crippen LogP contribution is 2.27. The van der Waals surface area contributed by atoms with Gasteiger partial charge in [-0.1, -0.05) is 30.3 Å². The lowest BCUT2D eigenvalue weighted by Gasteiger charge is -2.20. The van der Waals surface area contributed by atoms with Gasteiger partial charge >= 0.3 is 0 Å². The molecule has 5 rings (SSSR count). The number of nitrogens with zero attached hydrogens (tertiary/aromatic N) is 4. The summed E-state index contributed by atoms with van der Waals surface area (Å²) in [5.74, 6) is 0.377. The van der Waals surface area contributed by atoms with Crippen LogP contribution >= 0.6 is 0 Å². The molecule has 1 amide bonds. The van der Waals surface area contributed by atoms with Gasteiger partial charge in [-0.15, -0.1) is 0 Å². The molecular formula is C30H33N7O2. The molecule has 0 saturated carbocycles. The van der Waals surface area contributed by atoms with Crippen LogP contribution in [0.5, 0.6) is 0 Å². The molecule has 0 radical (unpaired) electrons. The maximum atomic E-state index is 13.5. The van der Waals surface area contributed by atoms with Gasteiger partial charge in [0.2, 0.25) is 5.91 Å². The molecule has 200 valence electrons. The topological polar surface area (TPSA) is 128 Å². The second-order valence-electron chi connectivity index (χ2n) is 10.1. The van der Waals surface area contributed by atoms with Gasteiger partial charge in [-0.3, -0.25) is 19.1 Å². The normalized spacial score (nSPS) is 15.0. The third-order valence-electron chi connectivity index (χ3n) is 7.48. The molecule has 0 spiro atoms. The van der Waals surface area contributed by atoms with Crippen molar-refractivity contribution in [3.8, 4) is 0 Å². The lowest BCUT2D eigenvalue weighted by Crippen LogP contribution is -2.36. The molecule has 0 unspecified atom stereocenters. The monoisotopic (exact) mass is 523 g/mol. The summed E-state index contributed by atoms with van der Waals surface area (Å²) in [6, 6.07) is 15.2. The summed E-state index contributed by atoms with van der Waals surface area (Å²) in [4.78, 5) is 40.0. The number of hydrogen-bond acceptors (Lipinski definition) is 7. The number of hydrogen-bond donors (Lipinski definition) is 3. The van der Waals surface area contributed by atoms with Crippen molar-refractivity contribution in [3.63, 3.8) is 0 Å². The zero-order valence-electron chi connectivity index (χ0n) is 22.4. The van der Waals surface area contributed by atoms with Gasteiger partial charge in [0, 0.05) is 48.5 Å². The fraction of sp³-hybridized carbons (Fsp3) is 0.300. The van der Waals surface area contributed by atoms with Crippen LogP contribution in [0.3, 0.4) is 0 Å². The molecule has 0 bridgehead atoms. The first kappa shape index (κ1) is 26.1. The summed E-state index contributed by atoms with van der Waals surface area (Å²) in [6.07, 6.45) is 4.63. The van der Waals surface area contributed by atoms with Gasteiger partial charge in [0.1, 0.15) is 11.9 Å². The third kappa shape index (κ3) is 5.52. The molecule has 1 aliphatic heterocycles. The number of benzene rings is 1. The van der Waals surface area contributed by atoms with Crippen LogP contribution in [0.4, 0.5) is 11.6 Å². The second kappa shape index (κ2) is 11.1. The van der Waals surface area contributed by atoms with Crippen LogP contribution in [0.25, 0.3) is 0 Å². The molecule has 0 saturated heterocycles. The third-order valence-corrected chi connectivity index (χ3v) is 7.48. The van der Waals surface area contributed by atoms with Gasteiger partial charge in [-0.25, -0.2) is 9.97 Å². The molecule has 1 aromatic carbocycles. The van der Waals surface area contributed by atoms with E-state index in [0.717, 1.165) is 28.2 Å². The Kier molecular flexibility index (Phi) is 7.40. The average molecular weight is 524 g/mol. The van der Waals surface area contributed by atoms with Crippen LogP contribution in [-0.2, 0) is 17.8 Å². The lowest BCUT2D eigenvalue weighted by atomic mass is 9.92. The number of carbonyl (C=O) groups is 1. The zero-order valence-corrected chi connectivity index (χ0v) is 22.4. The van der Waals surface area contributed by atoms with Crippen molar-refractivity contribution in [2.24, 2.45) is 0 Å². The van der Waals surface area contributed by atoms with Crippen molar-refractivity contribution < 1.29 is 4.79 Å². The van der Waals surface area contributed by atoms with Gasteiger partial charge in [-0.05, 0) is 74.1 Å². The Morgan fingerprint density at radius 3 is 2.69 bits per heavy atom.